The molecule has 0 aromatic carbocycles. The highest BCUT2D eigenvalue weighted by Gasteiger charge is 2.44. The molecule has 14 heteroatoms. The minimum Gasteiger partial charge on any atom is -0.266 e. The lowest BCUT2D eigenvalue weighted by Gasteiger charge is -2.38. The molecule has 0 aromatic heterocycles. The fraction of sp³-hybridized carbons (Fsp3) is 1.00. The van der Waals surface area contributed by atoms with Crippen molar-refractivity contribution in [2.24, 2.45) is 17.8 Å². The molecule has 0 bridgehead atoms. The largest absolute Gasteiger partial charge is 0.399 e. The van der Waals surface area contributed by atoms with Crippen LogP contribution in [0.2, 0.25) is 0 Å². The van der Waals surface area contributed by atoms with Crippen molar-refractivity contribution < 1.29 is 46.2 Å². The predicted molar refractivity (Wildman–Crippen MR) is 75.4 cm³/mol. The summed E-state index contributed by atoms with van der Waals surface area (Å²) in [6.45, 7) is -0.856. The fourth-order valence-electron chi connectivity index (χ4n) is 2.83. The molecule has 3 aliphatic rings. The highest BCUT2D eigenvalue weighted by molar-refractivity contribution is 7.86. The van der Waals surface area contributed by atoms with Crippen molar-refractivity contribution in [2.75, 3.05) is 32.2 Å². The molecular weight excluding hydrogens is 392 g/mol. The Morgan fingerprint density at radius 2 is 1.08 bits per heavy atom. The maximum Gasteiger partial charge on any atom is 0.399 e. The van der Waals surface area contributed by atoms with Crippen molar-refractivity contribution in [1.82, 2.24) is 0 Å². The average molecular weight is 408 g/mol. The maximum atomic E-state index is 12.0. The van der Waals surface area contributed by atoms with Gasteiger partial charge in [-0.2, -0.15) is 25.3 Å². The first-order chi connectivity index (χ1) is 11.1. The van der Waals surface area contributed by atoms with E-state index >= 15 is 0 Å². The molecule has 3 heterocycles. The summed E-state index contributed by atoms with van der Waals surface area (Å²) in [5.41, 5.74) is 0. The quantitative estimate of drug-likeness (QED) is 0.493. The number of rotatable bonds is 2. The van der Waals surface area contributed by atoms with Crippen LogP contribution >= 0.6 is 0 Å². The van der Waals surface area contributed by atoms with Crippen molar-refractivity contribution in [3.05, 3.63) is 0 Å². The van der Waals surface area contributed by atoms with E-state index in [4.69, 9.17) is 4.18 Å². The van der Waals surface area contributed by atoms with Gasteiger partial charge in [-0.1, -0.05) is 0 Å². The molecule has 3 saturated heterocycles. The van der Waals surface area contributed by atoms with Crippen LogP contribution in [0.4, 0.5) is 0 Å². The smallest absolute Gasteiger partial charge is 0.266 e. The van der Waals surface area contributed by atoms with E-state index in [0.29, 0.717) is 0 Å². The van der Waals surface area contributed by atoms with E-state index < -0.39 is 54.8 Å². The molecular formula is C10H16O11S3. The van der Waals surface area contributed by atoms with Crippen LogP contribution in [-0.4, -0.2) is 63.5 Å². The van der Waals surface area contributed by atoms with Crippen LogP contribution in [0.5, 0.6) is 0 Å². The highest BCUT2D eigenvalue weighted by Crippen LogP contribution is 2.34. The second-order valence-corrected chi connectivity index (χ2v) is 10.0. The third-order valence-corrected chi connectivity index (χ3v) is 7.20. The molecule has 3 rings (SSSR count). The monoisotopic (exact) mass is 408 g/mol. The molecule has 11 nitrogen and oxygen atoms in total. The van der Waals surface area contributed by atoms with Crippen molar-refractivity contribution in [1.29, 1.82) is 0 Å². The van der Waals surface area contributed by atoms with Crippen molar-refractivity contribution in [3.8, 4) is 0 Å². The molecule has 0 spiro atoms. The lowest BCUT2D eigenvalue weighted by atomic mass is 9.86. The first-order valence-corrected chi connectivity index (χ1v) is 11.3. The van der Waals surface area contributed by atoms with Gasteiger partial charge in [-0.15, -0.1) is 0 Å². The molecule has 0 N–H and O–H groups in total. The van der Waals surface area contributed by atoms with Crippen LogP contribution in [0.1, 0.15) is 6.42 Å². The predicted octanol–water partition coefficient (Wildman–Crippen LogP) is -1.46. The minimum atomic E-state index is -4.04. The summed E-state index contributed by atoms with van der Waals surface area (Å²) >= 11 is 0. The Labute approximate surface area is 139 Å². The number of hydrogen-bond acceptors (Lipinski definition) is 11. The van der Waals surface area contributed by atoms with Crippen LogP contribution < -0.4 is 0 Å². The third kappa shape index (κ3) is 4.43. The van der Waals surface area contributed by atoms with E-state index in [1.165, 1.54) is 0 Å². The summed E-state index contributed by atoms with van der Waals surface area (Å²) < 4.78 is 91.7. The van der Waals surface area contributed by atoms with E-state index in [1.807, 2.05) is 0 Å². The van der Waals surface area contributed by atoms with Gasteiger partial charge in [-0.25, -0.2) is 16.7 Å². The van der Waals surface area contributed by atoms with Gasteiger partial charge < -0.3 is 0 Å². The third-order valence-electron chi connectivity index (χ3n) is 4.12. The first-order valence-electron chi connectivity index (χ1n) is 7.04. The van der Waals surface area contributed by atoms with Gasteiger partial charge >= 0.3 is 20.8 Å². The average Bonchev–Trinajstić information content (AvgIpc) is 2.45. The number of hydrogen-bond donors (Lipinski definition) is 0. The molecule has 0 aliphatic carbocycles. The summed E-state index contributed by atoms with van der Waals surface area (Å²) in [6, 6.07) is 0. The van der Waals surface area contributed by atoms with Crippen molar-refractivity contribution in [2.45, 2.75) is 12.5 Å². The van der Waals surface area contributed by atoms with E-state index in [9.17, 15) is 25.3 Å². The topological polar surface area (TPSA) is 149 Å². The van der Waals surface area contributed by atoms with Gasteiger partial charge in [0, 0.05) is 11.8 Å². The molecule has 3 aliphatic heterocycles. The highest BCUT2D eigenvalue weighted by atomic mass is 32.3. The van der Waals surface area contributed by atoms with Gasteiger partial charge in [0.2, 0.25) is 0 Å². The molecule has 0 radical (unpaired) electrons. The summed E-state index contributed by atoms with van der Waals surface area (Å²) in [5.74, 6) is -1.78. The normalized spacial score (nSPS) is 37.0. The Morgan fingerprint density at radius 1 is 0.625 bits per heavy atom. The molecule has 140 valence electrons. The zero-order chi connectivity index (χ0) is 17.6. The van der Waals surface area contributed by atoms with Crippen molar-refractivity contribution in [3.63, 3.8) is 0 Å². The molecule has 0 aromatic rings. The van der Waals surface area contributed by atoms with Gasteiger partial charge in [0.1, 0.15) is 0 Å². The molecule has 24 heavy (non-hydrogen) atoms. The Bertz CT molecular complexity index is 696. The molecule has 2 unspecified atom stereocenters. The maximum absolute atomic E-state index is 12.0. The second-order valence-electron chi connectivity index (χ2n) is 5.83. The fourth-order valence-corrected chi connectivity index (χ4v) is 5.95. The second kappa shape index (κ2) is 6.42. The van der Waals surface area contributed by atoms with Gasteiger partial charge in [0.05, 0.1) is 38.3 Å². The van der Waals surface area contributed by atoms with Gasteiger partial charge in [0.25, 0.3) is 10.1 Å². The summed E-state index contributed by atoms with van der Waals surface area (Å²) in [7, 11) is -11.9. The Balaban J connectivity index is 1.69. The SMILES string of the molecule is O=S1(=O)CC(C2COS(=O)(=O)OC2)CC(C2COS(=O)(=O)OC2)O1. The Morgan fingerprint density at radius 3 is 1.58 bits per heavy atom. The van der Waals surface area contributed by atoms with E-state index in [0.717, 1.165) is 0 Å². The molecule has 2 atom stereocenters. The zero-order valence-electron chi connectivity index (χ0n) is 12.3. The van der Waals surface area contributed by atoms with Crippen LogP contribution in [0, 0.1) is 17.8 Å². The first kappa shape index (κ1) is 18.4. The Hall–Kier alpha value is -0.350. The standard InChI is InChI=1S/C10H16O11S3/c11-22(12)6-7(8-2-17-23(13,14)18-3-8)1-10(21-22)9-4-19-24(15,16)20-5-9/h7-10H,1-6H2. The molecule has 0 saturated carbocycles. The summed E-state index contributed by atoms with van der Waals surface area (Å²) in [4.78, 5) is 0. The van der Waals surface area contributed by atoms with E-state index in [-0.39, 0.29) is 38.6 Å². The lowest BCUT2D eigenvalue weighted by Crippen LogP contribution is -2.47. The minimum absolute atomic E-state index is 0.179. The molecule has 3 fully saturated rings. The van der Waals surface area contributed by atoms with E-state index in [1.54, 1.807) is 0 Å². The van der Waals surface area contributed by atoms with E-state index in [2.05, 4.69) is 16.7 Å². The summed E-state index contributed by atoms with van der Waals surface area (Å²) in [5, 5.41) is 0. The van der Waals surface area contributed by atoms with Crippen LogP contribution in [0.15, 0.2) is 0 Å². The van der Waals surface area contributed by atoms with Gasteiger partial charge in [-0.3, -0.25) is 4.18 Å². The van der Waals surface area contributed by atoms with Gasteiger partial charge in [0.15, 0.2) is 0 Å². The van der Waals surface area contributed by atoms with Crippen LogP contribution in [-0.2, 0) is 51.8 Å². The summed E-state index contributed by atoms with van der Waals surface area (Å²) in [6.07, 6.45) is -0.573. The van der Waals surface area contributed by atoms with Crippen LogP contribution in [0.3, 0.4) is 0 Å². The van der Waals surface area contributed by atoms with Gasteiger partial charge in [-0.05, 0) is 12.3 Å². The Kier molecular flexibility index (Phi) is 4.94. The zero-order valence-corrected chi connectivity index (χ0v) is 14.7. The lowest BCUT2D eigenvalue weighted by molar-refractivity contribution is -0.00462. The van der Waals surface area contributed by atoms with Crippen molar-refractivity contribution >= 4 is 30.9 Å². The molecule has 0 amide bonds. The van der Waals surface area contributed by atoms with Crippen LogP contribution in [0.25, 0.3) is 0 Å².